The topological polar surface area (TPSA) is 64.2 Å². The zero-order chi connectivity index (χ0) is 12.7. The van der Waals surface area contributed by atoms with Gasteiger partial charge in [0.05, 0.1) is 10.9 Å². The van der Waals surface area contributed by atoms with Crippen molar-refractivity contribution in [1.82, 2.24) is 9.55 Å². The molecule has 0 amide bonds. The number of para-hydroxylation sites is 1. The lowest BCUT2D eigenvalue weighted by atomic mass is 10.2. The SMILES string of the molecule is Cn1c(N2CCC(N)C2)nc2ccccc2c1=O. The predicted octanol–water partition coefficient (Wildman–Crippen LogP) is 0.471. The monoisotopic (exact) mass is 244 g/mol. The molecule has 1 aliphatic heterocycles. The van der Waals surface area contributed by atoms with E-state index in [2.05, 4.69) is 9.88 Å². The molecule has 2 aromatic rings. The molecule has 0 spiro atoms. The summed E-state index contributed by atoms with van der Waals surface area (Å²) in [6.07, 6.45) is 0.947. The van der Waals surface area contributed by atoms with Crippen LogP contribution in [0.1, 0.15) is 6.42 Å². The van der Waals surface area contributed by atoms with Crippen molar-refractivity contribution in [3.63, 3.8) is 0 Å². The van der Waals surface area contributed by atoms with E-state index in [-0.39, 0.29) is 11.6 Å². The summed E-state index contributed by atoms with van der Waals surface area (Å²) in [5, 5.41) is 0.659. The van der Waals surface area contributed by atoms with Gasteiger partial charge in [0.1, 0.15) is 0 Å². The Morgan fingerprint density at radius 1 is 1.39 bits per heavy atom. The van der Waals surface area contributed by atoms with Gasteiger partial charge in [-0.25, -0.2) is 4.98 Å². The minimum atomic E-state index is -0.00364. The first-order valence-corrected chi connectivity index (χ1v) is 6.13. The Morgan fingerprint density at radius 3 is 2.89 bits per heavy atom. The van der Waals surface area contributed by atoms with Crippen LogP contribution >= 0.6 is 0 Å². The van der Waals surface area contributed by atoms with Crippen molar-refractivity contribution < 1.29 is 0 Å². The molecule has 18 heavy (non-hydrogen) atoms. The number of anilines is 1. The van der Waals surface area contributed by atoms with Gasteiger partial charge >= 0.3 is 0 Å². The van der Waals surface area contributed by atoms with Crippen molar-refractivity contribution in [2.75, 3.05) is 18.0 Å². The van der Waals surface area contributed by atoms with Crippen LogP contribution in [-0.4, -0.2) is 28.7 Å². The molecular weight excluding hydrogens is 228 g/mol. The lowest BCUT2D eigenvalue weighted by Gasteiger charge is -2.19. The molecule has 5 nitrogen and oxygen atoms in total. The maximum atomic E-state index is 12.3. The molecule has 94 valence electrons. The number of hydrogen-bond acceptors (Lipinski definition) is 4. The van der Waals surface area contributed by atoms with Gasteiger partial charge in [-0.15, -0.1) is 0 Å². The van der Waals surface area contributed by atoms with Crippen LogP contribution in [0.4, 0.5) is 5.95 Å². The van der Waals surface area contributed by atoms with Crippen LogP contribution in [-0.2, 0) is 7.05 Å². The van der Waals surface area contributed by atoms with Gasteiger partial charge < -0.3 is 10.6 Å². The average molecular weight is 244 g/mol. The molecular formula is C13H16N4O. The molecule has 0 saturated carbocycles. The van der Waals surface area contributed by atoms with E-state index in [1.54, 1.807) is 11.6 Å². The van der Waals surface area contributed by atoms with Crippen molar-refractivity contribution in [2.45, 2.75) is 12.5 Å². The first kappa shape index (κ1) is 11.2. The van der Waals surface area contributed by atoms with Crippen molar-refractivity contribution >= 4 is 16.9 Å². The Bertz CT molecular complexity index is 649. The maximum Gasteiger partial charge on any atom is 0.262 e. The Balaban J connectivity index is 2.18. The largest absolute Gasteiger partial charge is 0.341 e. The summed E-state index contributed by atoms with van der Waals surface area (Å²) in [4.78, 5) is 18.9. The molecule has 1 aliphatic rings. The molecule has 1 aromatic carbocycles. The molecule has 0 bridgehead atoms. The zero-order valence-electron chi connectivity index (χ0n) is 10.3. The predicted molar refractivity (Wildman–Crippen MR) is 71.8 cm³/mol. The van der Waals surface area contributed by atoms with Crippen molar-refractivity contribution in [2.24, 2.45) is 12.8 Å². The Kier molecular flexibility index (Phi) is 2.56. The van der Waals surface area contributed by atoms with Gasteiger partial charge in [-0.3, -0.25) is 9.36 Å². The zero-order valence-corrected chi connectivity index (χ0v) is 10.3. The molecule has 1 fully saturated rings. The van der Waals surface area contributed by atoms with Gasteiger partial charge in [0.2, 0.25) is 5.95 Å². The smallest absolute Gasteiger partial charge is 0.262 e. The van der Waals surface area contributed by atoms with E-state index in [1.807, 2.05) is 24.3 Å². The summed E-state index contributed by atoms with van der Waals surface area (Å²) in [6.45, 7) is 1.62. The fourth-order valence-corrected chi connectivity index (χ4v) is 2.46. The number of fused-ring (bicyclic) bond motifs is 1. The summed E-state index contributed by atoms with van der Waals surface area (Å²) in [6, 6.07) is 7.61. The highest BCUT2D eigenvalue weighted by molar-refractivity contribution is 5.78. The van der Waals surface area contributed by atoms with E-state index >= 15 is 0 Å². The summed E-state index contributed by atoms with van der Waals surface area (Å²) in [7, 11) is 1.76. The van der Waals surface area contributed by atoms with Crippen LogP contribution in [0, 0.1) is 0 Å². The van der Waals surface area contributed by atoms with E-state index in [1.165, 1.54) is 0 Å². The second kappa shape index (κ2) is 4.10. The highest BCUT2D eigenvalue weighted by Crippen LogP contribution is 2.18. The van der Waals surface area contributed by atoms with E-state index in [4.69, 9.17) is 5.73 Å². The third kappa shape index (κ3) is 1.67. The number of nitrogens with two attached hydrogens (primary N) is 1. The maximum absolute atomic E-state index is 12.3. The molecule has 1 unspecified atom stereocenters. The molecule has 2 heterocycles. The minimum Gasteiger partial charge on any atom is -0.341 e. The highest BCUT2D eigenvalue weighted by Gasteiger charge is 2.23. The first-order valence-electron chi connectivity index (χ1n) is 6.13. The van der Waals surface area contributed by atoms with E-state index in [9.17, 15) is 4.79 Å². The molecule has 1 atom stereocenters. The first-order chi connectivity index (χ1) is 8.66. The standard InChI is InChI=1S/C13H16N4O/c1-16-12(18)10-4-2-3-5-11(10)15-13(16)17-7-6-9(14)8-17/h2-5,9H,6-8,14H2,1H3. The fraction of sp³-hybridized carbons (Fsp3) is 0.385. The Hall–Kier alpha value is -1.88. The number of rotatable bonds is 1. The second-order valence-corrected chi connectivity index (χ2v) is 4.79. The van der Waals surface area contributed by atoms with Gasteiger partial charge in [0.25, 0.3) is 5.56 Å². The van der Waals surface area contributed by atoms with E-state index in [0.29, 0.717) is 11.3 Å². The lowest BCUT2D eigenvalue weighted by Crippen LogP contribution is -2.32. The van der Waals surface area contributed by atoms with Crippen molar-refractivity contribution in [3.05, 3.63) is 34.6 Å². The molecule has 5 heteroatoms. The minimum absolute atomic E-state index is 0.00364. The van der Waals surface area contributed by atoms with Crippen molar-refractivity contribution in [1.29, 1.82) is 0 Å². The van der Waals surface area contributed by atoms with Crippen LogP contribution in [0.5, 0.6) is 0 Å². The average Bonchev–Trinajstić information content (AvgIpc) is 2.80. The van der Waals surface area contributed by atoms with E-state index in [0.717, 1.165) is 25.0 Å². The van der Waals surface area contributed by atoms with Crippen LogP contribution in [0.25, 0.3) is 10.9 Å². The van der Waals surface area contributed by atoms with Crippen LogP contribution in [0.2, 0.25) is 0 Å². The molecule has 1 aromatic heterocycles. The number of hydrogen-bond donors (Lipinski definition) is 1. The third-order valence-corrected chi connectivity index (χ3v) is 3.47. The molecule has 2 N–H and O–H groups in total. The van der Waals surface area contributed by atoms with E-state index < -0.39 is 0 Å². The summed E-state index contributed by atoms with van der Waals surface area (Å²) in [5.74, 6) is 0.714. The molecule has 1 saturated heterocycles. The summed E-state index contributed by atoms with van der Waals surface area (Å²) in [5.41, 5.74) is 6.65. The quantitative estimate of drug-likeness (QED) is 0.792. The summed E-state index contributed by atoms with van der Waals surface area (Å²) >= 11 is 0. The fourth-order valence-electron chi connectivity index (χ4n) is 2.46. The Labute approximate surface area is 105 Å². The lowest BCUT2D eigenvalue weighted by molar-refractivity contribution is 0.740. The molecule has 0 aliphatic carbocycles. The summed E-state index contributed by atoms with van der Waals surface area (Å²) < 4.78 is 1.61. The normalized spacial score (nSPS) is 19.7. The van der Waals surface area contributed by atoms with Crippen molar-refractivity contribution in [3.8, 4) is 0 Å². The number of aromatic nitrogens is 2. The third-order valence-electron chi connectivity index (χ3n) is 3.47. The number of benzene rings is 1. The van der Waals surface area contributed by atoms with Crippen LogP contribution in [0.15, 0.2) is 29.1 Å². The number of nitrogens with zero attached hydrogens (tertiary/aromatic N) is 3. The van der Waals surface area contributed by atoms with Crippen LogP contribution < -0.4 is 16.2 Å². The molecule has 3 rings (SSSR count). The van der Waals surface area contributed by atoms with Crippen LogP contribution in [0.3, 0.4) is 0 Å². The highest BCUT2D eigenvalue weighted by atomic mass is 16.1. The van der Waals surface area contributed by atoms with Gasteiger partial charge in [-0.05, 0) is 18.6 Å². The van der Waals surface area contributed by atoms with Gasteiger partial charge in [-0.1, -0.05) is 12.1 Å². The van der Waals surface area contributed by atoms with Gasteiger partial charge in [0, 0.05) is 26.2 Å². The van der Waals surface area contributed by atoms with Gasteiger partial charge in [-0.2, -0.15) is 0 Å². The molecule has 0 radical (unpaired) electrons. The second-order valence-electron chi connectivity index (χ2n) is 4.79. The van der Waals surface area contributed by atoms with Gasteiger partial charge in [0.15, 0.2) is 0 Å². The Morgan fingerprint density at radius 2 is 2.17 bits per heavy atom.